The van der Waals surface area contributed by atoms with Crippen LogP contribution in [-0.2, 0) is 0 Å². The van der Waals surface area contributed by atoms with Gasteiger partial charge in [0, 0.05) is 29.4 Å². The first-order chi connectivity index (χ1) is 6.93. The SMILES string of the molecule is c1cc2nc3ncncc3cc2cn1. The van der Waals surface area contributed by atoms with Crippen LogP contribution in [0.4, 0.5) is 0 Å². The molecule has 0 fully saturated rings. The molecular formula is C10H6N4. The van der Waals surface area contributed by atoms with Crippen molar-refractivity contribution in [2.24, 2.45) is 0 Å². The lowest BCUT2D eigenvalue weighted by Gasteiger charge is -1.98. The smallest absolute Gasteiger partial charge is 0.163 e. The summed E-state index contributed by atoms with van der Waals surface area (Å²) < 4.78 is 0. The van der Waals surface area contributed by atoms with Crippen LogP contribution >= 0.6 is 0 Å². The molecule has 0 amide bonds. The van der Waals surface area contributed by atoms with E-state index < -0.39 is 0 Å². The second kappa shape index (κ2) is 2.70. The maximum Gasteiger partial charge on any atom is 0.163 e. The summed E-state index contributed by atoms with van der Waals surface area (Å²) in [5.74, 6) is 0. The van der Waals surface area contributed by atoms with Gasteiger partial charge in [0.1, 0.15) is 6.33 Å². The van der Waals surface area contributed by atoms with E-state index in [0.29, 0.717) is 0 Å². The Morgan fingerprint density at radius 1 is 1.00 bits per heavy atom. The molecule has 0 atom stereocenters. The van der Waals surface area contributed by atoms with Crippen molar-refractivity contribution < 1.29 is 0 Å². The summed E-state index contributed by atoms with van der Waals surface area (Å²) in [5, 5.41) is 1.95. The number of nitrogens with zero attached hydrogens (tertiary/aromatic N) is 4. The largest absolute Gasteiger partial charge is 0.264 e. The maximum absolute atomic E-state index is 4.39. The van der Waals surface area contributed by atoms with Crippen molar-refractivity contribution in [1.29, 1.82) is 0 Å². The van der Waals surface area contributed by atoms with E-state index in [0.717, 1.165) is 21.9 Å². The molecule has 3 aromatic rings. The highest BCUT2D eigenvalue weighted by Crippen LogP contribution is 2.15. The molecule has 4 nitrogen and oxygen atoms in total. The first-order valence-corrected chi connectivity index (χ1v) is 4.24. The molecule has 66 valence electrons. The number of aromatic nitrogens is 4. The van der Waals surface area contributed by atoms with Crippen molar-refractivity contribution in [1.82, 2.24) is 19.9 Å². The van der Waals surface area contributed by atoms with Gasteiger partial charge in [-0.3, -0.25) is 4.98 Å². The minimum absolute atomic E-state index is 0.721. The van der Waals surface area contributed by atoms with Crippen molar-refractivity contribution in [3.63, 3.8) is 0 Å². The van der Waals surface area contributed by atoms with Crippen LogP contribution in [-0.4, -0.2) is 19.9 Å². The second-order valence-electron chi connectivity index (χ2n) is 2.99. The van der Waals surface area contributed by atoms with Crippen LogP contribution in [0.2, 0.25) is 0 Å². The van der Waals surface area contributed by atoms with Gasteiger partial charge in [0.05, 0.1) is 5.52 Å². The number of hydrogen-bond acceptors (Lipinski definition) is 4. The highest BCUT2D eigenvalue weighted by atomic mass is 14.9. The standard InChI is InChI=1S/C10H6N4/c1-2-11-4-7-3-8-5-12-6-13-10(8)14-9(1)7/h1-6H. The molecule has 0 aliphatic carbocycles. The minimum Gasteiger partial charge on any atom is -0.264 e. The summed E-state index contributed by atoms with van der Waals surface area (Å²) in [6, 6.07) is 3.86. The Bertz CT molecular complexity index is 501. The fraction of sp³-hybridized carbons (Fsp3) is 0. The molecule has 0 radical (unpaired) electrons. The molecular weight excluding hydrogens is 176 g/mol. The molecule has 0 aliphatic heterocycles. The van der Waals surface area contributed by atoms with E-state index >= 15 is 0 Å². The van der Waals surface area contributed by atoms with Crippen LogP contribution in [0.5, 0.6) is 0 Å². The van der Waals surface area contributed by atoms with Gasteiger partial charge in [-0.1, -0.05) is 0 Å². The average Bonchev–Trinajstić information content (AvgIpc) is 2.26. The van der Waals surface area contributed by atoms with Gasteiger partial charge in [0.2, 0.25) is 0 Å². The van der Waals surface area contributed by atoms with E-state index in [1.165, 1.54) is 6.33 Å². The first-order valence-electron chi connectivity index (χ1n) is 4.24. The number of rotatable bonds is 0. The van der Waals surface area contributed by atoms with Crippen LogP contribution in [0.15, 0.2) is 37.1 Å². The Kier molecular flexibility index (Phi) is 1.41. The van der Waals surface area contributed by atoms with Gasteiger partial charge in [-0.25, -0.2) is 15.0 Å². The molecule has 0 spiro atoms. The summed E-state index contributed by atoms with van der Waals surface area (Å²) in [6.45, 7) is 0. The Balaban J connectivity index is 2.52. The molecule has 0 saturated heterocycles. The lowest BCUT2D eigenvalue weighted by molar-refractivity contribution is 1.19. The summed E-state index contributed by atoms with van der Waals surface area (Å²) in [6.07, 6.45) is 6.77. The Hall–Kier alpha value is -2.10. The molecule has 0 aromatic carbocycles. The number of pyridine rings is 2. The Labute approximate surface area is 79.7 Å². The van der Waals surface area contributed by atoms with Crippen LogP contribution in [0, 0.1) is 0 Å². The third kappa shape index (κ3) is 1.01. The van der Waals surface area contributed by atoms with E-state index in [1.54, 1.807) is 18.6 Å². The number of hydrogen-bond donors (Lipinski definition) is 0. The van der Waals surface area contributed by atoms with Crippen molar-refractivity contribution >= 4 is 21.9 Å². The molecule has 3 rings (SSSR count). The second-order valence-corrected chi connectivity index (χ2v) is 2.99. The van der Waals surface area contributed by atoms with Crippen LogP contribution in [0.1, 0.15) is 0 Å². The van der Waals surface area contributed by atoms with Gasteiger partial charge < -0.3 is 0 Å². The van der Waals surface area contributed by atoms with E-state index in [4.69, 9.17) is 0 Å². The van der Waals surface area contributed by atoms with Crippen LogP contribution in [0.3, 0.4) is 0 Å². The predicted molar refractivity (Wildman–Crippen MR) is 52.6 cm³/mol. The van der Waals surface area contributed by atoms with E-state index in [2.05, 4.69) is 19.9 Å². The normalized spacial score (nSPS) is 10.9. The van der Waals surface area contributed by atoms with E-state index in [-0.39, 0.29) is 0 Å². The number of fused-ring (bicyclic) bond motifs is 2. The third-order valence-corrected chi connectivity index (χ3v) is 2.08. The summed E-state index contributed by atoms with van der Waals surface area (Å²) in [7, 11) is 0. The minimum atomic E-state index is 0.721. The third-order valence-electron chi connectivity index (χ3n) is 2.08. The lowest BCUT2D eigenvalue weighted by Crippen LogP contribution is -1.87. The fourth-order valence-corrected chi connectivity index (χ4v) is 1.42. The topological polar surface area (TPSA) is 51.6 Å². The summed E-state index contributed by atoms with van der Waals surface area (Å²) in [5.41, 5.74) is 1.63. The first kappa shape index (κ1) is 7.32. The molecule has 3 heterocycles. The van der Waals surface area contributed by atoms with E-state index in [9.17, 15) is 0 Å². The van der Waals surface area contributed by atoms with Gasteiger partial charge in [-0.15, -0.1) is 0 Å². The van der Waals surface area contributed by atoms with Crippen LogP contribution in [0.25, 0.3) is 21.9 Å². The molecule has 0 bridgehead atoms. The van der Waals surface area contributed by atoms with Crippen molar-refractivity contribution in [3.05, 3.63) is 37.1 Å². The molecule has 0 aliphatic rings. The lowest BCUT2D eigenvalue weighted by atomic mass is 10.2. The Morgan fingerprint density at radius 3 is 2.93 bits per heavy atom. The Morgan fingerprint density at radius 2 is 1.93 bits per heavy atom. The molecule has 4 heteroatoms. The fourth-order valence-electron chi connectivity index (χ4n) is 1.42. The van der Waals surface area contributed by atoms with Gasteiger partial charge in [0.25, 0.3) is 0 Å². The van der Waals surface area contributed by atoms with Crippen molar-refractivity contribution in [3.8, 4) is 0 Å². The molecule has 3 aromatic heterocycles. The van der Waals surface area contributed by atoms with Crippen LogP contribution < -0.4 is 0 Å². The molecule has 0 unspecified atom stereocenters. The zero-order valence-electron chi connectivity index (χ0n) is 7.25. The highest BCUT2D eigenvalue weighted by molar-refractivity contribution is 5.89. The average molecular weight is 182 g/mol. The maximum atomic E-state index is 4.39. The monoisotopic (exact) mass is 182 g/mol. The molecule has 0 saturated carbocycles. The van der Waals surface area contributed by atoms with Gasteiger partial charge in [-0.2, -0.15) is 0 Å². The summed E-state index contributed by atoms with van der Waals surface area (Å²) >= 11 is 0. The van der Waals surface area contributed by atoms with Crippen molar-refractivity contribution in [2.45, 2.75) is 0 Å². The zero-order chi connectivity index (χ0) is 9.38. The predicted octanol–water partition coefficient (Wildman–Crippen LogP) is 1.57. The highest BCUT2D eigenvalue weighted by Gasteiger charge is 1.99. The van der Waals surface area contributed by atoms with Gasteiger partial charge in [-0.05, 0) is 12.1 Å². The quantitative estimate of drug-likeness (QED) is 0.495. The van der Waals surface area contributed by atoms with Crippen molar-refractivity contribution in [2.75, 3.05) is 0 Å². The van der Waals surface area contributed by atoms with Gasteiger partial charge in [0.15, 0.2) is 5.65 Å². The summed E-state index contributed by atoms with van der Waals surface area (Å²) in [4.78, 5) is 16.5. The molecule has 0 N–H and O–H groups in total. The van der Waals surface area contributed by atoms with E-state index in [1.807, 2.05) is 12.1 Å². The van der Waals surface area contributed by atoms with Gasteiger partial charge >= 0.3 is 0 Å². The molecule has 14 heavy (non-hydrogen) atoms. The zero-order valence-corrected chi connectivity index (χ0v) is 7.25.